The van der Waals surface area contributed by atoms with E-state index in [1.54, 1.807) is 23.1 Å². The molecule has 0 aliphatic rings. The van der Waals surface area contributed by atoms with Crippen molar-refractivity contribution in [3.8, 4) is 11.8 Å². The van der Waals surface area contributed by atoms with Crippen molar-refractivity contribution in [1.29, 1.82) is 5.26 Å². The van der Waals surface area contributed by atoms with Crippen LogP contribution < -0.4 is 11.1 Å². The monoisotopic (exact) mass is 421 g/mol. The second kappa shape index (κ2) is 10.5. The first-order valence-corrected chi connectivity index (χ1v) is 10.8. The maximum Gasteiger partial charge on any atom is 0.193 e. The van der Waals surface area contributed by atoms with E-state index in [4.69, 9.17) is 5.73 Å². The molecule has 7 nitrogen and oxygen atoms in total. The van der Waals surface area contributed by atoms with Crippen LogP contribution in [-0.2, 0) is 12.8 Å². The van der Waals surface area contributed by atoms with Crippen LogP contribution in [-0.4, -0.2) is 47.8 Å². The van der Waals surface area contributed by atoms with Crippen LogP contribution in [0.5, 0.6) is 0 Å². The Balaban J connectivity index is 1.54. The number of aromatic nitrogens is 2. The number of hydrogen-bond acceptors (Lipinski definition) is 5. The number of nitrogens with one attached hydrogen (secondary N) is 1. The van der Waals surface area contributed by atoms with Gasteiger partial charge in [0, 0.05) is 32.1 Å². The number of nitrogens with zero attached hydrogens (tertiary/aromatic N) is 5. The molecule has 0 unspecified atom stereocenters. The van der Waals surface area contributed by atoms with Gasteiger partial charge in [-0.1, -0.05) is 24.3 Å². The fourth-order valence-corrected chi connectivity index (χ4v) is 3.92. The zero-order valence-electron chi connectivity index (χ0n) is 17.4. The zero-order chi connectivity index (χ0) is 21.3. The van der Waals surface area contributed by atoms with E-state index in [0.717, 1.165) is 43.3 Å². The van der Waals surface area contributed by atoms with Crippen LogP contribution in [0.3, 0.4) is 0 Å². The normalized spacial score (nSPS) is 11.3. The molecular formula is C22H27N7S. The molecule has 1 aromatic carbocycles. The molecule has 0 aliphatic heterocycles. The third-order valence-corrected chi connectivity index (χ3v) is 5.76. The third kappa shape index (κ3) is 5.19. The molecule has 0 bridgehead atoms. The molecule has 0 aliphatic carbocycles. The standard InChI is InChI=1S/C22H27N7S/c1-25-22(28(2)14-12-18-10-7-15-30-18)26-13-6-11-20-19(16-23)21(24)29(27-20)17-8-4-3-5-9-17/h3-5,7-10,15H,6,11-14,24H2,1-2H3,(H,25,26). The Morgan fingerprint density at radius 2 is 2.07 bits per heavy atom. The Bertz CT molecular complexity index is 1000. The molecule has 3 rings (SSSR count). The lowest BCUT2D eigenvalue weighted by atomic mass is 10.1. The number of nitrogen functional groups attached to an aromatic ring is 1. The molecule has 0 spiro atoms. The molecule has 0 saturated carbocycles. The molecule has 2 heterocycles. The number of benzene rings is 1. The molecule has 0 atom stereocenters. The SMILES string of the molecule is CN=C(NCCCc1nn(-c2ccccc2)c(N)c1C#N)N(C)CCc1cccs1. The van der Waals surface area contributed by atoms with Crippen molar-refractivity contribution in [1.82, 2.24) is 20.0 Å². The summed E-state index contributed by atoms with van der Waals surface area (Å²) in [5.74, 6) is 1.25. The Kier molecular flexibility index (Phi) is 7.46. The summed E-state index contributed by atoms with van der Waals surface area (Å²) in [5, 5.41) is 19.6. The summed E-state index contributed by atoms with van der Waals surface area (Å²) >= 11 is 1.78. The van der Waals surface area contributed by atoms with Gasteiger partial charge in [0.25, 0.3) is 0 Å². The topological polar surface area (TPSA) is 95.3 Å². The number of rotatable bonds is 8. The number of guanidine groups is 1. The van der Waals surface area contributed by atoms with Crippen LogP contribution in [0.25, 0.3) is 5.69 Å². The first-order valence-electron chi connectivity index (χ1n) is 9.91. The number of aryl methyl sites for hydroxylation is 1. The van der Waals surface area contributed by atoms with Gasteiger partial charge < -0.3 is 16.0 Å². The molecule has 30 heavy (non-hydrogen) atoms. The lowest BCUT2D eigenvalue weighted by molar-refractivity contribution is 0.485. The average Bonchev–Trinajstić information content (AvgIpc) is 3.40. The highest BCUT2D eigenvalue weighted by Crippen LogP contribution is 2.21. The molecule has 0 amide bonds. The quantitative estimate of drug-likeness (QED) is 0.331. The summed E-state index contributed by atoms with van der Waals surface area (Å²) in [6.45, 7) is 1.63. The largest absolute Gasteiger partial charge is 0.382 e. The second-order valence-electron chi connectivity index (χ2n) is 6.89. The molecule has 3 N–H and O–H groups in total. The van der Waals surface area contributed by atoms with Crippen molar-refractivity contribution in [2.24, 2.45) is 4.99 Å². The fraction of sp³-hybridized carbons (Fsp3) is 0.318. The predicted molar refractivity (Wildman–Crippen MR) is 123 cm³/mol. The number of hydrogen-bond donors (Lipinski definition) is 2. The Labute approximate surface area is 181 Å². The number of nitrogens with two attached hydrogens (primary N) is 1. The van der Waals surface area contributed by atoms with E-state index in [1.165, 1.54) is 4.88 Å². The van der Waals surface area contributed by atoms with Crippen LogP contribution in [0.4, 0.5) is 5.82 Å². The molecule has 156 valence electrons. The zero-order valence-corrected chi connectivity index (χ0v) is 18.2. The lowest BCUT2D eigenvalue weighted by Gasteiger charge is -2.21. The van der Waals surface area contributed by atoms with E-state index < -0.39 is 0 Å². The Morgan fingerprint density at radius 1 is 1.27 bits per heavy atom. The van der Waals surface area contributed by atoms with Crippen molar-refractivity contribution in [2.75, 3.05) is 32.9 Å². The van der Waals surface area contributed by atoms with Crippen molar-refractivity contribution < 1.29 is 0 Å². The van der Waals surface area contributed by atoms with E-state index in [9.17, 15) is 5.26 Å². The number of para-hydroxylation sites is 1. The van der Waals surface area contributed by atoms with Crippen molar-refractivity contribution in [3.63, 3.8) is 0 Å². The fourth-order valence-electron chi connectivity index (χ4n) is 3.22. The maximum absolute atomic E-state index is 9.53. The van der Waals surface area contributed by atoms with Crippen LogP contribution in [0.15, 0.2) is 52.8 Å². The summed E-state index contributed by atoms with van der Waals surface area (Å²) in [7, 11) is 3.83. The first kappa shape index (κ1) is 21.4. The maximum atomic E-state index is 9.53. The lowest BCUT2D eigenvalue weighted by Crippen LogP contribution is -2.40. The Hall–Kier alpha value is -3.31. The number of likely N-dealkylation sites (N-methyl/N-ethyl adjacent to an activating group) is 1. The van der Waals surface area contributed by atoms with Gasteiger partial charge in [-0.3, -0.25) is 4.99 Å². The first-order chi connectivity index (χ1) is 14.6. The summed E-state index contributed by atoms with van der Waals surface area (Å²) < 4.78 is 1.64. The van der Waals surface area contributed by atoms with Crippen LogP contribution in [0, 0.1) is 11.3 Å². The van der Waals surface area contributed by atoms with Crippen LogP contribution in [0.2, 0.25) is 0 Å². The summed E-state index contributed by atoms with van der Waals surface area (Å²) in [6, 6.07) is 16.1. The highest BCUT2D eigenvalue weighted by Gasteiger charge is 2.16. The highest BCUT2D eigenvalue weighted by molar-refractivity contribution is 7.09. The van der Waals surface area contributed by atoms with Crippen LogP contribution >= 0.6 is 11.3 Å². The number of nitriles is 1. The van der Waals surface area contributed by atoms with E-state index in [2.05, 4.69) is 43.9 Å². The van der Waals surface area contributed by atoms with Crippen LogP contribution in [0.1, 0.15) is 22.6 Å². The van der Waals surface area contributed by atoms with Gasteiger partial charge >= 0.3 is 0 Å². The van der Waals surface area contributed by atoms with E-state index in [0.29, 0.717) is 17.8 Å². The van der Waals surface area contributed by atoms with E-state index >= 15 is 0 Å². The number of anilines is 1. The van der Waals surface area contributed by atoms with Gasteiger partial charge in [-0.2, -0.15) is 10.4 Å². The average molecular weight is 422 g/mol. The van der Waals surface area contributed by atoms with E-state index in [1.807, 2.05) is 37.4 Å². The minimum absolute atomic E-state index is 0.385. The van der Waals surface area contributed by atoms with Gasteiger partial charge in [0.1, 0.15) is 17.5 Å². The minimum Gasteiger partial charge on any atom is -0.382 e. The molecule has 0 fully saturated rings. The third-order valence-electron chi connectivity index (χ3n) is 4.83. The highest BCUT2D eigenvalue weighted by atomic mass is 32.1. The second-order valence-corrected chi connectivity index (χ2v) is 7.93. The van der Waals surface area contributed by atoms with Gasteiger partial charge in [0.15, 0.2) is 5.96 Å². The van der Waals surface area contributed by atoms with Gasteiger partial charge in [0.05, 0.1) is 11.4 Å². The van der Waals surface area contributed by atoms with Crippen molar-refractivity contribution >= 4 is 23.1 Å². The summed E-state index contributed by atoms with van der Waals surface area (Å²) in [4.78, 5) is 7.86. The number of aliphatic imine (C=N–C) groups is 1. The summed E-state index contributed by atoms with van der Waals surface area (Å²) in [6.07, 6.45) is 2.48. The molecular weight excluding hydrogens is 394 g/mol. The van der Waals surface area contributed by atoms with Gasteiger partial charge in [-0.05, 0) is 42.8 Å². The predicted octanol–water partition coefficient (Wildman–Crippen LogP) is 3.07. The molecule has 0 saturated heterocycles. The van der Waals surface area contributed by atoms with Gasteiger partial charge in [0.2, 0.25) is 0 Å². The van der Waals surface area contributed by atoms with Gasteiger partial charge in [-0.15, -0.1) is 11.3 Å². The Morgan fingerprint density at radius 3 is 2.73 bits per heavy atom. The molecule has 3 aromatic rings. The molecule has 0 radical (unpaired) electrons. The molecule has 8 heteroatoms. The number of thiophene rings is 1. The smallest absolute Gasteiger partial charge is 0.193 e. The molecule has 2 aromatic heterocycles. The van der Waals surface area contributed by atoms with Crippen molar-refractivity contribution in [2.45, 2.75) is 19.3 Å². The minimum atomic E-state index is 0.385. The van der Waals surface area contributed by atoms with E-state index in [-0.39, 0.29) is 0 Å². The summed E-state index contributed by atoms with van der Waals surface area (Å²) in [5.41, 5.74) is 8.20. The van der Waals surface area contributed by atoms with Crippen molar-refractivity contribution in [3.05, 3.63) is 64.0 Å². The van der Waals surface area contributed by atoms with Gasteiger partial charge in [-0.25, -0.2) is 4.68 Å².